The van der Waals surface area contributed by atoms with Crippen molar-refractivity contribution in [2.45, 2.75) is 20.8 Å². The second kappa shape index (κ2) is 7.31. The number of anilines is 3. The lowest BCUT2D eigenvalue weighted by Gasteiger charge is -2.11. The van der Waals surface area contributed by atoms with Crippen molar-refractivity contribution in [1.29, 1.82) is 0 Å². The Morgan fingerprint density at radius 3 is 2.50 bits per heavy atom. The summed E-state index contributed by atoms with van der Waals surface area (Å²) < 4.78 is 13.8. The number of hydrogen-bond donors (Lipinski definition) is 2. The van der Waals surface area contributed by atoms with E-state index in [1.54, 1.807) is 31.2 Å². The van der Waals surface area contributed by atoms with E-state index < -0.39 is 5.82 Å². The van der Waals surface area contributed by atoms with Crippen LogP contribution in [-0.4, -0.2) is 15.9 Å². The highest BCUT2D eigenvalue weighted by Crippen LogP contribution is 2.19. The highest BCUT2D eigenvalue weighted by atomic mass is 19.1. The molecule has 0 atom stereocenters. The van der Waals surface area contributed by atoms with Gasteiger partial charge in [0.2, 0.25) is 5.95 Å². The Kier molecular flexibility index (Phi) is 4.93. The molecule has 0 aliphatic rings. The maximum absolute atomic E-state index is 13.8. The quantitative estimate of drug-likeness (QED) is 0.725. The Labute approximate surface area is 151 Å². The molecule has 5 nitrogen and oxygen atoms in total. The highest BCUT2D eigenvalue weighted by molar-refractivity contribution is 6.03. The van der Waals surface area contributed by atoms with Gasteiger partial charge in [-0.15, -0.1) is 0 Å². The molecule has 0 aliphatic heterocycles. The number of rotatable bonds is 4. The average Bonchev–Trinajstić information content (AvgIpc) is 2.59. The number of nitrogens with zero attached hydrogens (tertiary/aromatic N) is 2. The van der Waals surface area contributed by atoms with Gasteiger partial charge in [0, 0.05) is 11.4 Å². The van der Waals surface area contributed by atoms with Crippen LogP contribution in [-0.2, 0) is 0 Å². The number of benzene rings is 2. The van der Waals surface area contributed by atoms with E-state index in [9.17, 15) is 9.18 Å². The standard InChI is InChI=1S/C20H19FN4O/c1-12-8-9-13(2)17(10-12)23-19(26)18-11-14(3)22-20(25-18)24-16-7-5-4-6-15(16)21/h4-11H,1-3H3,(H,23,26)(H,22,24,25). The zero-order valence-electron chi connectivity index (χ0n) is 14.8. The number of amides is 1. The number of aryl methyl sites for hydroxylation is 3. The van der Waals surface area contributed by atoms with Crippen LogP contribution in [0.15, 0.2) is 48.5 Å². The van der Waals surface area contributed by atoms with Gasteiger partial charge >= 0.3 is 0 Å². The second-order valence-corrected chi connectivity index (χ2v) is 6.10. The van der Waals surface area contributed by atoms with Crippen molar-refractivity contribution >= 4 is 23.2 Å². The maximum Gasteiger partial charge on any atom is 0.274 e. The predicted octanol–water partition coefficient (Wildman–Crippen LogP) is 4.54. The minimum Gasteiger partial charge on any atom is -0.322 e. The van der Waals surface area contributed by atoms with Crippen LogP contribution in [0.3, 0.4) is 0 Å². The van der Waals surface area contributed by atoms with Crippen molar-refractivity contribution in [1.82, 2.24) is 9.97 Å². The summed E-state index contributed by atoms with van der Waals surface area (Å²) in [5, 5.41) is 5.68. The van der Waals surface area contributed by atoms with Crippen LogP contribution < -0.4 is 10.6 Å². The molecule has 0 fully saturated rings. The summed E-state index contributed by atoms with van der Waals surface area (Å²) in [6, 6.07) is 13.6. The first-order chi connectivity index (χ1) is 12.4. The van der Waals surface area contributed by atoms with E-state index in [0.717, 1.165) is 16.8 Å². The predicted molar refractivity (Wildman–Crippen MR) is 100 cm³/mol. The van der Waals surface area contributed by atoms with Gasteiger partial charge in [-0.05, 0) is 56.2 Å². The summed E-state index contributed by atoms with van der Waals surface area (Å²) in [7, 11) is 0. The fraction of sp³-hybridized carbons (Fsp3) is 0.150. The summed E-state index contributed by atoms with van der Waals surface area (Å²) in [5.41, 5.74) is 3.79. The molecular weight excluding hydrogens is 331 g/mol. The number of carbonyl (C=O) groups is 1. The van der Waals surface area contributed by atoms with Crippen molar-refractivity contribution in [2.75, 3.05) is 10.6 Å². The molecule has 1 heterocycles. The minimum atomic E-state index is -0.418. The van der Waals surface area contributed by atoms with E-state index in [-0.39, 0.29) is 23.2 Å². The number of nitrogens with one attached hydrogen (secondary N) is 2. The molecule has 0 unspecified atom stereocenters. The molecule has 0 radical (unpaired) electrons. The normalized spacial score (nSPS) is 10.5. The average molecular weight is 350 g/mol. The van der Waals surface area contributed by atoms with Crippen molar-refractivity contribution in [3.8, 4) is 0 Å². The molecule has 2 aromatic carbocycles. The molecule has 6 heteroatoms. The summed E-state index contributed by atoms with van der Waals surface area (Å²) in [4.78, 5) is 21.0. The number of hydrogen-bond acceptors (Lipinski definition) is 4. The Hall–Kier alpha value is -3.28. The Morgan fingerprint density at radius 2 is 1.73 bits per heavy atom. The third kappa shape index (κ3) is 4.03. The third-order valence-corrected chi connectivity index (χ3v) is 3.85. The first-order valence-electron chi connectivity index (χ1n) is 8.18. The molecular formula is C20H19FN4O. The molecule has 2 N–H and O–H groups in total. The van der Waals surface area contributed by atoms with Crippen molar-refractivity contribution in [2.24, 2.45) is 0 Å². The molecule has 0 bridgehead atoms. The van der Waals surface area contributed by atoms with Gasteiger partial charge < -0.3 is 10.6 Å². The van der Waals surface area contributed by atoms with Crippen LogP contribution in [0.4, 0.5) is 21.7 Å². The van der Waals surface area contributed by atoms with Crippen LogP contribution in [0, 0.1) is 26.6 Å². The fourth-order valence-electron chi connectivity index (χ4n) is 2.48. The minimum absolute atomic E-state index is 0.168. The van der Waals surface area contributed by atoms with Gasteiger partial charge in [-0.25, -0.2) is 14.4 Å². The SMILES string of the molecule is Cc1ccc(C)c(NC(=O)c2cc(C)nc(Nc3ccccc3F)n2)c1. The van der Waals surface area contributed by atoms with Crippen molar-refractivity contribution in [3.05, 3.63) is 76.9 Å². The fourth-order valence-corrected chi connectivity index (χ4v) is 2.48. The monoisotopic (exact) mass is 350 g/mol. The van der Waals surface area contributed by atoms with Gasteiger partial charge in [-0.2, -0.15) is 0 Å². The Balaban J connectivity index is 1.86. The van der Waals surface area contributed by atoms with Crippen LogP contribution in [0.5, 0.6) is 0 Å². The topological polar surface area (TPSA) is 66.9 Å². The lowest BCUT2D eigenvalue weighted by Crippen LogP contribution is -2.16. The second-order valence-electron chi connectivity index (χ2n) is 6.10. The first kappa shape index (κ1) is 17.5. The van der Waals surface area contributed by atoms with Crippen molar-refractivity contribution < 1.29 is 9.18 Å². The molecule has 3 rings (SSSR count). The molecule has 1 aromatic heterocycles. The number of carbonyl (C=O) groups excluding carboxylic acids is 1. The van der Waals surface area contributed by atoms with Crippen LogP contribution in [0.2, 0.25) is 0 Å². The van der Waals surface area contributed by atoms with Crippen molar-refractivity contribution in [3.63, 3.8) is 0 Å². The Morgan fingerprint density at radius 1 is 0.962 bits per heavy atom. The maximum atomic E-state index is 13.8. The van der Waals surface area contributed by atoms with E-state index in [1.807, 2.05) is 32.0 Å². The number of aromatic nitrogens is 2. The highest BCUT2D eigenvalue weighted by Gasteiger charge is 2.13. The van der Waals surface area contributed by atoms with Crippen LogP contribution in [0.25, 0.3) is 0 Å². The van der Waals surface area contributed by atoms with E-state index in [2.05, 4.69) is 20.6 Å². The molecule has 0 spiro atoms. The van der Waals surface area contributed by atoms with Gasteiger partial charge in [0.1, 0.15) is 11.5 Å². The van der Waals surface area contributed by atoms with Gasteiger partial charge in [0.15, 0.2) is 0 Å². The smallest absolute Gasteiger partial charge is 0.274 e. The molecule has 3 aromatic rings. The zero-order valence-corrected chi connectivity index (χ0v) is 14.8. The van der Waals surface area contributed by atoms with Gasteiger partial charge in [0.05, 0.1) is 5.69 Å². The van der Waals surface area contributed by atoms with E-state index in [1.165, 1.54) is 6.07 Å². The van der Waals surface area contributed by atoms with E-state index in [0.29, 0.717) is 5.69 Å². The molecule has 0 saturated heterocycles. The van der Waals surface area contributed by atoms with E-state index in [4.69, 9.17) is 0 Å². The summed E-state index contributed by atoms with van der Waals surface area (Å²) in [5.74, 6) is -0.596. The largest absolute Gasteiger partial charge is 0.322 e. The summed E-state index contributed by atoms with van der Waals surface area (Å²) in [6.45, 7) is 5.63. The molecule has 132 valence electrons. The van der Waals surface area contributed by atoms with E-state index >= 15 is 0 Å². The lowest BCUT2D eigenvalue weighted by atomic mass is 10.1. The zero-order chi connectivity index (χ0) is 18.7. The van der Waals surface area contributed by atoms with Crippen LogP contribution in [0.1, 0.15) is 27.3 Å². The van der Waals surface area contributed by atoms with Gasteiger partial charge in [-0.3, -0.25) is 4.79 Å². The first-order valence-corrected chi connectivity index (χ1v) is 8.18. The molecule has 26 heavy (non-hydrogen) atoms. The van der Waals surface area contributed by atoms with Gasteiger partial charge in [-0.1, -0.05) is 24.3 Å². The van der Waals surface area contributed by atoms with Crippen LogP contribution >= 0.6 is 0 Å². The molecule has 1 amide bonds. The van der Waals surface area contributed by atoms with Gasteiger partial charge in [0.25, 0.3) is 5.91 Å². The molecule has 0 aliphatic carbocycles. The number of para-hydroxylation sites is 1. The summed E-state index contributed by atoms with van der Waals surface area (Å²) in [6.07, 6.45) is 0. The number of halogens is 1. The lowest BCUT2D eigenvalue weighted by molar-refractivity contribution is 0.102. The summed E-state index contributed by atoms with van der Waals surface area (Å²) >= 11 is 0. The molecule has 0 saturated carbocycles. The Bertz CT molecular complexity index is 972. The third-order valence-electron chi connectivity index (χ3n) is 3.85.